The average Bonchev–Trinajstić information content (AvgIpc) is 3.18. The molecule has 5 nitrogen and oxygen atoms in total. The zero-order valence-electron chi connectivity index (χ0n) is 12.6. The van der Waals surface area contributed by atoms with E-state index in [1.54, 1.807) is 0 Å². The quantitative estimate of drug-likeness (QED) is 0.865. The third kappa shape index (κ3) is 2.61. The van der Waals surface area contributed by atoms with E-state index in [0.29, 0.717) is 11.7 Å². The zero-order chi connectivity index (χ0) is 14.1. The maximum Gasteiger partial charge on any atom is 0.230 e. The summed E-state index contributed by atoms with van der Waals surface area (Å²) in [6.45, 7) is 7.09. The minimum Gasteiger partial charge on any atom is -0.339 e. The van der Waals surface area contributed by atoms with Crippen LogP contribution >= 0.6 is 0 Å². The van der Waals surface area contributed by atoms with Crippen LogP contribution in [0.1, 0.15) is 63.2 Å². The molecular weight excluding hydrogens is 252 g/mol. The number of hydrogen-bond donors (Lipinski definition) is 1. The fourth-order valence-corrected chi connectivity index (χ4v) is 3.94. The minimum absolute atomic E-state index is 0.147. The monoisotopic (exact) mass is 278 g/mol. The van der Waals surface area contributed by atoms with Gasteiger partial charge in [0.15, 0.2) is 5.82 Å². The van der Waals surface area contributed by atoms with Crippen LogP contribution in [0.25, 0.3) is 0 Å². The molecule has 1 heterocycles. The molecule has 1 aromatic rings. The lowest BCUT2D eigenvalue weighted by atomic mass is 9.89. The average molecular weight is 278 g/mol. The molecule has 0 radical (unpaired) electrons. The molecule has 2 aliphatic carbocycles. The molecule has 2 fully saturated rings. The Balaban J connectivity index is 1.64. The second-order valence-electron chi connectivity index (χ2n) is 6.36. The van der Waals surface area contributed by atoms with E-state index in [2.05, 4.69) is 28.9 Å². The van der Waals surface area contributed by atoms with Crippen molar-refractivity contribution < 1.29 is 4.52 Å². The van der Waals surface area contributed by atoms with Gasteiger partial charge in [0.1, 0.15) is 0 Å². The van der Waals surface area contributed by atoms with Gasteiger partial charge in [-0.3, -0.25) is 0 Å². The molecule has 0 aliphatic heterocycles. The molecule has 0 saturated heterocycles. The smallest absolute Gasteiger partial charge is 0.230 e. The fourth-order valence-electron chi connectivity index (χ4n) is 3.94. The Kier molecular flexibility index (Phi) is 4.08. The summed E-state index contributed by atoms with van der Waals surface area (Å²) in [5, 5.41) is 4.13. The summed E-state index contributed by atoms with van der Waals surface area (Å²) in [4.78, 5) is 6.89. The predicted octanol–water partition coefficient (Wildman–Crippen LogP) is 2.31. The molecule has 3 rings (SSSR count). The topological polar surface area (TPSA) is 68.2 Å². The minimum atomic E-state index is -0.147. The summed E-state index contributed by atoms with van der Waals surface area (Å²) in [7, 11) is 0. The second-order valence-corrected chi connectivity index (χ2v) is 6.36. The SMILES string of the molecule is CCN(CC)CC(N)c1noc(C2CC3CCC2C3)n1. The Labute approximate surface area is 120 Å². The zero-order valence-corrected chi connectivity index (χ0v) is 12.6. The number of aromatic nitrogens is 2. The molecule has 5 heteroatoms. The Morgan fingerprint density at radius 2 is 2.10 bits per heavy atom. The highest BCUT2D eigenvalue weighted by molar-refractivity contribution is 5.06. The molecule has 0 aromatic carbocycles. The largest absolute Gasteiger partial charge is 0.339 e. The van der Waals surface area contributed by atoms with Gasteiger partial charge in [0.25, 0.3) is 0 Å². The first kappa shape index (κ1) is 14.0. The Bertz CT molecular complexity index is 443. The van der Waals surface area contributed by atoms with Crippen molar-refractivity contribution in [2.45, 2.75) is 51.5 Å². The van der Waals surface area contributed by atoms with E-state index in [4.69, 9.17) is 10.3 Å². The maximum absolute atomic E-state index is 6.21. The number of nitrogens with two attached hydrogens (primary N) is 1. The first-order chi connectivity index (χ1) is 9.71. The summed E-state index contributed by atoms with van der Waals surface area (Å²) in [5.41, 5.74) is 6.21. The molecule has 2 aliphatic rings. The van der Waals surface area contributed by atoms with Crippen LogP contribution in [0.3, 0.4) is 0 Å². The van der Waals surface area contributed by atoms with Crippen LogP contribution in [0.15, 0.2) is 4.52 Å². The van der Waals surface area contributed by atoms with Crippen molar-refractivity contribution >= 4 is 0 Å². The van der Waals surface area contributed by atoms with Gasteiger partial charge in [0.2, 0.25) is 5.89 Å². The molecule has 2 saturated carbocycles. The molecule has 2 N–H and O–H groups in total. The highest BCUT2D eigenvalue weighted by Gasteiger charge is 2.43. The van der Waals surface area contributed by atoms with Crippen LogP contribution < -0.4 is 5.73 Å². The Hall–Kier alpha value is -0.940. The van der Waals surface area contributed by atoms with E-state index in [1.165, 1.54) is 25.7 Å². The van der Waals surface area contributed by atoms with E-state index in [1.807, 2.05) is 0 Å². The van der Waals surface area contributed by atoms with Gasteiger partial charge in [-0.25, -0.2) is 0 Å². The van der Waals surface area contributed by atoms with Crippen molar-refractivity contribution in [1.29, 1.82) is 0 Å². The van der Waals surface area contributed by atoms with Gasteiger partial charge in [0, 0.05) is 12.5 Å². The lowest BCUT2D eigenvalue weighted by Gasteiger charge is -2.20. The van der Waals surface area contributed by atoms with Crippen LogP contribution in [0.4, 0.5) is 0 Å². The fraction of sp³-hybridized carbons (Fsp3) is 0.867. The summed E-state index contributed by atoms with van der Waals surface area (Å²) < 4.78 is 5.51. The van der Waals surface area contributed by atoms with Crippen molar-refractivity contribution in [1.82, 2.24) is 15.0 Å². The normalized spacial score (nSPS) is 30.3. The van der Waals surface area contributed by atoms with E-state index in [-0.39, 0.29) is 6.04 Å². The Morgan fingerprint density at radius 1 is 1.30 bits per heavy atom. The van der Waals surface area contributed by atoms with Crippen molar-refractivity contribution in [3.8, 4) is 0 Å². The lowest BCUT2D eigenvalue weighted by Crippen LogP contribution is -2.32. The standard InChI is InChI=1S/C15H26N4O/c1-3-19(4-2)9-13(16)14-17-15(20-18-14)12-8-10-5-6-11(12)7-10/h10-13H,3-9,16H2,1-2H3. The molecule has 112 valence electrons. The predicted molar refractivity (Wildman–Crippen MR) is 77.2 cm³/mol. The summed E-state index contributed by atoms with van der Waals surface area (Å²) >= 11 is 0. The maximum atomic E-state index is 6.21. The number of rotatable bonds is 6. The van der Waals surface area contributed by atoms with Crippen LogP contribution in [-0.2, 0) is 0 Å². The molecule has 20 heavy (non-hydrogen) atoms. The molecular formula is C15H26N4O. The highest BCUT2D eigenvalue weighted by Crippen LogP contribution is 2.52. The van der Waals surface area contributed by atoms with E-state index >= 15 is 0 Å². The number of fused-ring (bicyclic) bond motifs is 2. The number of nitrogens with zero attached hydrogens (tertiary/aromatic N) is 3. The third-order valence-electron chi connectivity index (χ3n) is 5.19. The summed E-state index contributed by atoms with van der Waals surface area (Å²) in [6, 6.07) is -0.147. The Morgan fingerprint density at radius 3 is 2.70 bits per heavy atom. The van der Waals surface area contributed by atoms with Crippen LogP contribution in [-0.4, -0.2) is 34.7 Å². The third-order valence-corrected chi connectivity index (χ3v) is 5.19. The first-order valence-electron chi connectivity index (χ1n) is 8.02. The number of hydrogen-bond acceptors (Lipinski definition) is 5. The van der Waals surface area contributed by atoms with E-state index < -0.39 is 0 Å². The molecule has 1 aromatic heterocycles. The van der Waals surface area contributed by atoms with Crippen LogP contribution in [0.5, 0.6) is 0 Å². The van der Waals surface area contributed by atoms with Crippen molar-refractivity contribution in [3.05, 3.63) is 11.7 Å². The van der Waals surface area contributed by atoms with Crippen LogP contribution in [0, 0.1) is 11.8 Å². The van der Waals surface area contributed by atoms with Gasteiger partial charge >= 0.3 is 0 Å². The molecule has 0 amide bonds. The van der Waals surface area contributed by atoms with Crippen molar-refractivity contribution in [2.24, 2.45) is 17.6 Å². The summed E-state index contributed by atoms with van der Waals surface area (Å²) in [6.07, 6.45) is 5.31. The van der Waals surface area contributed by atoms with Crippen molar-refractivity contribution in [3.63, 3.8) is 0 Å². The lowest BCUT2D eigenvalue weighted by molar-refractivity contribution is 0.274. The van der Waals surface area contributed by atoms with Gasteiger partial charge in [-0.1, -0.05) is 25.4 Å². The van der Waals surface area contributed by atoms with Gasteiger partial charge in [-0.05, 0) is 44.2 Å². The second kappa shape index (κ2) is 5.82. The highest BCUT2D eigenvalue weighted by atomic mass is 16.5. The van der Waals surface area contributed by atoms with Crippen molar-refractivity contribution in [2.75, 3.05) is 19.6 Å². The van der Waals surface area contributed by atoms with Gasteiger partial charge in [-0.2, -0.15) is 4.98 Å². The molecule has 2 bridgehead atoms. The first-order valence-corrected chi connectivity index (χ1v) is 8.02. The number of likely N-dealkylation sites (N-methyl/N-ethyl adjacent to an activating group) is 1. The van der Waals surface area contributed by atoms with Gasteiger partial charge in [-0.15, -0.1) is 0 Å². The van der Waals surface area contributed by atoms with Gasteiger partial charge < -0.3 is 15.2 Å². The summed E-state index contributed by atoms with van der Waals surface area (Å²) in [5.74, 6) is 3.67. The van der Waals surface area contributed by atoms with Gasteiger partial charge in [0.05, 0.1) is 6.04 Å². The molecule has 4 atom stereocenters. The van der Waals surface area contributed by atoms with E-state index in [9.17, 15) is 0 Å². The molecule has 0 spiro atoms. The van der Waals surface area contributed by atoms with E-state index in [0.717, 1.165) is 37.4 Å². The van der Waals surface area contributed by atoms with Crippen LogP contribution in [0.2, 0.25) is 0 Å². The molecule has 4 unspecified atom stereocenters.